The number of hydrogen-bond donors (Lipinski definition) is 1. The first-order valence-electron chi connectivity index (χ1n) is 9.85. The van der Waals surface area contributed by atoms with Gasteiger partial charge in [-0.3, -0.25) is 9.71 Å². The minimum Gasteiger partial charge on any atom is -0.280 e. The van der Waals surface area contributed by atoms with Gasteiger partial charge in [-0.1, -0.05) is 31.0 Å². The van der Waals surface area contributed by atoms with E-state index in [0.717, 1.165) is 31.1 Å². The van der Waals surface area contributed by atoms with Crippen molar-refractivity contribution >= 4 is 36.6 Å². The SMILES string of the molecule is O=S(=O)(Nc1ccc(S(=O)(=O)N2CCCCCC2)cc1)c1cccc2cccnc12. The molecule has 0 amide bonds. The van der Waals surface area contributed by atoms with E-state index in [0.29, 0.717) is 18.6 Å². The Balaban J connectivity index is 1.58. The van der Waals surface area contributed by atoms with Crippen LogP contribution in [0.2, 0.25) is 0 Å². The van der Waals surface area contributed by atoms with Crippen LogP contribution in [0.25, 0.3) is 10.9 Å². The minimum absolute atomic E-state index is 0.0712. The standard InChI is InChI=1S/C21H23N3O4S2/c25-29(26,20-9-5-7-17-8-6-14-22-21(17)20)23-18-10-12-19(13-11-18)30(27,28)24-15-3-1-2-4-16-24/h5-14,23H,1-4,15-16H2. The van der Waals surface area contributed by atoms with E-state index in [1.807, 2.05) is 0 Å². The quantitative estimate of drug-likeness (QED) is 0.647. The van der Waals surface area contributed by atoms with E-state index in [1.54, 1.807) is 30.5 Å². The summed E-state index contributed by atoms with van der Waals surface area (Å²) in [6.45, 7) is 1.04. The molecule has 0 bridgehead atoms. The van der Waals surface area contributed by atoms with Gasteiger partial charge in [0.15, 0.2) is 0 Å². The highest BCUT2D eigenvalue weighted by atomic mass is 32.2. The van der Waals surface area contributed by atoms with Crippen molar-refractivity contribution in [2.75, 3.05) is 17.8 Å². The number of benzene rings is 2. The molecule has 0 aliphatic carbocycles. The van der Waals surface area contributed by atoms with Gasteiger partial charge in [-0.05, 0) is 49.2 Å². The smallest absolute Gasteiger partial charge is 0.264 e. The Hall–Kier alpha value is -2.49. The van der Waals surface area contributed by atoms with Gasteiger partial charge in [0.25, 0.3) is 10.0 Å². The van der Waals surface area contributed by atoms with Gasteiger partial charge >= 0.3 is 0 Å². The monoisotopic (exact) mass is 445 g/mol. The molecule has 0 radical (unpaired) electrons. The van der Waals surface area contributed by atoms with E-state index >= 15 is 0 Å². The maximum absolute atomic E-state index is 12.9. The average molecular weight is 446 g/mol. The molecule has 30 heavy (non-hydrogen) atoms. The Morgan fingerprint density at radius 3 is 2.17 bits per heavy atom. The fourth-order valence-electron chi connectivity index (χ4n) is 3.63. The number of hydrogen-bond acceptors (Lipinski definition) is 5. The Morgan fingerprint density at radius 1 is 0.800 bits per heavy atom. The van der Waals surface area contributed by atoms with Gasteiger partial charge in [0.1, 0.15) is 4.90 Å². The lowest BCUT2D eigenvalue weighted by molar-refractivity contribution is 0.424. The molecule has 9 heteroatoms. The molecule has 1 N–H and O–H groups in total. The number of nitrogens with zero attached hydrogens (tertiary/aromatic N) is 2. The van der Waals surface area contributed by atoms with Gasteiger partial charge in [0, 0.05) is 30.4 Å². The van der Waals surface area contributed by atoms with Gasteiger partial charge in [-0.15, -0.1) is 0 Å². The third kappa shape index (κ3) is 4.19. The highest BCUT2D eigenvalue weighted by molar-refractivity contribution is 7.93. The van der Waals surface area contributed by atoms with Crippen molar-refractivity contribution in [2.24, 2.45) is 0 Å². The third-order valence-corrected chi connectivity index (χ3v) is 8.52. The van der Waals surface area contributed by atoms with Crippen LogP contribution >= 0.6 is 0 Å². The summed E-state index contributed by atoms with van der Waals surface area (Å²) in [6.07, 6.45) is 5.34. The summed E-state index contributed by atoms with van der Waals surface area (Å²) < 4.78 is 55.6. The number of rotatable bonds is 5. The summed E-state index contributed by atoms with van der Waals surface area (Å²) in [5, 5.41) is 0.722. The molecule has 1 aromatic heterocycles. The molecule has 158 valence electrons. The van der Waals surface area contributed by atoms with Crippen LogP contribution in [0.5, 0.6) is 0 Å². The summed E-state index contributed by atoms with van der Waals surface area (Å²) >= 11 is 0. The van der Waals surface area contributed by atoms with E-state index in [-0.39, 0.29) is 15.5 Å². The van der Waals surface area contributed by atoms with E-state index in [1.165, 1.54) is 34.6 Å². The molecule has 1 aliphatic rings. The summed E-state index contributed by atoms with van der Waals surface area (Å²) in [4.78, 5) is 4.43. The number of para-hydroxylation sites is 1. The maximum Gasteiger partial charge on any atom is 0.264 e. The fourth-order valence-corrected chi connectivity index (χ4v) is 6.39. The summed E-state index contributed by atoms with van der Waals surface area (Å²) in [6, 6.07) is 14.3. The Morgan fingerprint density at radius 2 is 1.47 bits per heavy atom. The summed E-state index contributed by atoms with van der Waals surface area (Å²) in [5.41, 5.74) is 0.672. The average Bonchev–Trinajstić information content (AvgIpc) is 3.04. The van der Waals surface area contributed by atoms with Gasteiger partial charge in [-0.25, -0.2) is 16.8 Å². The number of aromatic nitrogens is 1. The first kappa shape index (κ1) is 20.8. The number of sulfonamides is 2. The lowest BCUT2D eigenvalue weighted by Crippen LogP contribution is -2.31. The van der Waals surface area contributed by atoms with E-state index in [2.05, 4.69) is 9.71 Å². The molecule has 7 nitrogen and oxygen atoms in total. The van der Waals surface area contributed by atoms with E-state index in [9.17, 15) is 16.8 Å². The topological polar surface area (TPSA) is 96.4 Å². The number of nitrogens with one attached hydrogen (secondary N) is 1. The Labute approximate surface area is 176 Å². The van der Waals surface area contributed by atoms with Crippen LogP contribution in [0.15, 0.2) is 70.6 Å². The third-order valence-electron chi connectivity index (χ3n) is 5.19. The predicted molar refractivity (Wildman–Crippen MR) is 116 cm³/mol. The van der Waals surface area contributed by atoms with Crippen molar-refractivity contribution in [2.45, 2.75) is 35.5 Å². The highest BCUT2D eigenvalue weighted by Gasteiger charge is 2.25. The Kier molecular flexibility index (Phi) is 5.77. The molecule has 0 atom stereocenters. The van der Waals surface area contributed by atoms with Gasteiger partial charge in [0.2, 0.25) is 10.0 Å². The molecular formula is C21H23N3O4S2. The van der Waals surface area contributed by atoms with E-state index in [4.69, 9.17) is 0 Å². The number of pyridine rings is 1. The molecule has 1 saturated heterocycles. The van der Waals surface area contributed by atoms with Crippen LogP contribution in [0, 0.1) is 0 Å². The summed E-state index contributed by atoms with van der Waals surface area (Å²) in [7, 11) is -7.47. The molecule has 1 aliphatic heterocycles. The zero-order chi connectivity index (χ0) is 21.2. The van der Waals surface area contributed by atoms with Crippen molar-refractivity contribution in [1.29, 1.82) is 0 Å². The first-order valence-corrected chi connectivity index (χ1v) is 12.8. The van der Waals surface area contributed by atoms with Crippen molar-refractivity contribution in [3.05, 3.63) is 60.8 Å². The van der Waals surface area contributed by atoms with Crippen molar-refractivity contribution in [3.8, 4) is 0 Å². The summed E-state index contributed by atoms with van der Waals surface area (Å²) in [5.74, 6) is 0. The van der Waals surface area contributed by atoms with E-state index < -0.39 is 20.0 Å². The van der Waals surface area contributed by atoms with Gasteiger partial charge in [-0.2, -0.15) is 4.31 Å². The molecule has 4 rings (SSSR count). The van der Waals surface area contributed by atoms with Crippen molar-refractivity contribution in [3.63, 3.8) is 0 Å². The second kappa shape index (κ2) is 8.33. The van der Waals surface area contributed by atoms with Crippen LogP contribution in [0.4, 0.5) is 5.69 Å². The molecule has 1 fully saturated rings. The van der Waals surface area contributed by atoms with Crippen LogP contribution in [-0.2, 0) is 20.0 Å². The minimum atomic E-state index is -3.89. The zero-order valence-corrected chi connectivity index (χ0v) is 18.0. The van der Waals surface area contributed by atoms with Crippen LogP contribution in [0.1, 0.15) is 25.7 Å². The first-order chi connectivity index (χ1) is 14.4. The molecule has 0 spiro atoms. The van der Waals surface area contributed by atoms with Crippen LogP contribution in [-0.4, -0.2) is 39.2 Å². The molecule has 0 saturated carbocycles. The maximum atomic E-state index is 12.9. The molecule has 2 aromatic carbocycles. The van der Waals surface area contributed by atoms with Crippen LogP contribution in [0.3, 0.4) is 0 Å². The van der Waals surface area contributed by atoms with Crippen LogP contribution < -0.4 is 4.72 Å². The molecule has 3 aromatic rings. The Bertz CT molecular complexity index is 1240. The number of fused-ring (bicyclic) bond motifs is 1. The van der Waals surface area contributed by atoms with Crippen molar-refractivity contribution in [1.82, 2.24) is 9.29 Å². The highest BCUT2D eigenvalue weighted by Crippen LogP contribution is 2.25. The fraction of sp³-hybridized carbons (Fsp3) is 0.286. The van der Waals surface area contributed by atoms with Gasteiger partial charge < -0.3 is 0 Å². The lowest BCUT2D eigenvalue weighted by atomic mass is 10.2. The van der Waals surface area contributed by atoms with Gasteiger partial charge in [0.05, 0.1) is 10.4 Å². The zero-order valence-electron chi connectivity index (χ0n) is 16.4. The second-order valence-electron chi connectivity index (χ2n) is 7.28. The normalized spacial score (nSPS) is 16.3. The second-order valence-corrected chi connectivity index (χ2v) is 10.9. The predicted octanol–water partition coefficient (Wildman–Crippen LogP) is 3.60. The molecular weight excluding hydrogens is 422 g/mol. The number of anilines is 1. The molecule has 2 heterocycles. The largest absolute Gasteiger partial charge is 0.280 e. The van der Waals surface area contributed by atoms with Crippen molar-refractivity contribution < 1.29 is 16.8 Å². The molecule has 0 unspecified atom stereocenters. The lowest BCUT2D eigenvalue weighted by Gasteiger charge is -2.20.